The first kappa shape index (κ1) is 13.8. The zero-order chi connectivity index (χ0) is 13.2. The van der Waals surface area contributed by atoms with Crippen molar-refractivity contribution in [2.24, 2.45) is 11.6 Å². The van der Waals surface area contributed by atoms with Crippen LogP contribution >= 0.6 is 11.6 Å². The van der Waals surface area contributed by atoms with Gasteiger partial charge in [-0.3, -0.25) is 9.80 Å². The molecule has 0 fully saturated rings. The summed E-state index contributed by atoms with van der Waals surface area (Å²) in [6.07, 6.45) is 0. The molecule has 1 aromatic carbocycles. The molecule has 5 nitrogen and oxygen atoms in total. The van der Waals surface area contributed by atoms with Crippen molar-refractivity contribution in [3.63, 3.8) is 0 Å². The quantitative estimate of drug-likeness (QED) is 0.481. The van der Waals surface area contributed by atoms with E-state index in [0.717, 1.165) is 10.6 Å². The lowest BCUT2D eigenvalue weighted by atomic mass is 10.0. The number of nitrogens with two attached hydrogens (primary N) is 2. The minimum absolute atomic E-state index is 0.412. The maximum Gasteiger partial charge on any atom is 0.257 e. The molecule has 17 heavy (non-hydrogen) atoms. The van der Waals surface area contributed by atoms with E-state index in [1.165, 1.54) is 14.2 Å². The molecule has 0 bridgehead atoms. The number of amides is 1. The normalized spacial score (nSPS) is 12.1. The Hall–Kier alpha value is -1.30. The molecule has 0 aliphatic rings. The predicted molar refractivity (Wildman–Crippen MR) is 66.6 cm³/mol. The fraction of sp³-hybridized carbons (Fsp3) is 0.364. The maximum atomic E-state index is 11.7. The van der Waals surface area contributed by atoms with E-state index in [-0.39, 0.29) is 0 Å². The van der Waals surface area contributed by atoms with Crippen LogP contribution in [0.2, 0.25) is 5.02 Å². The fourth-order valence-electron chi connectivity index (χ4n) is 1.62. The minimum Gasteiger partial charge on any atom is -0.496 e. The van der Waals surface area contributed by atoms with Gasteiger partial charge in [0.2, 0.25) is 0 Å². The van der Waals surface area contributed by atoms with Crippen LogP contribution in [0.25, 0.3) is 0 Å². The average molecular weight is 258 g/mol. The molecule has 0 saturated heterocycles. The van der Waals surface area contributed by atoms with E-state index in [1.807, 2.05) is 6.92 Å². The highest BCUT2D eigenvalue weighted by Gasteiger charge is 2.23. The van der Waals surface area contributed by atoms with Crippen LogP contribution in [0.5, 0.6) is 5.75 Å². The van der Waals surface area contributed by atoms with Gasteiger partial charge in [0.25, 0.3) is 5.91 Å². The summed E-state index contributed by atoms with van der Waals surface area (Å²) < 4.78 is 5.23. The Morgan fingerprint density at radius 3 is 2.59 bits per heavy atom. The van der Waals surface area contributed by atoms with Crippen molar-refractivity contribution in [2.45, 2.75) is 13.0 Å². The Morgan fingerprint density at radius 2 is 2.12 bits per heavy atom. The molecule has 4 N–H and O–H groups in total. The average Bonchev–Trinajstić information content (AvgIpc) is 2.25. The molecular formula is C11H16ClN3O2. The Balaban J connectivity index is 3.25. The van der Waals surface area contributed by atoms with Crippen LogP contribution in [0.15, 0.2) is 12.1 Å². The van der Waals surface area contributed by atoms with Gasteiger partial charge < -0.3 is 10.5 Å². The molecule has 0 aliphatic carbocycles. The van der Waals surface area contributed by atoms with Crippen LogP contribution in [0.4, 0.5) is 0 Å². The topological polar surface area (TPSA) is 81.6 Å². The van der Waals surface area contributed by atoms with Crippen molar-refractivity contribution in [3.8, 4) is 5.75 Å². The van der Waals surface area contributed by atoms with E-state index in [1.54, 1.807) is 12.1 Å². The first-order valence-electron chi connectivity index (χ1n) is 5.00. The van der Waals surface area contributed by atoms with Crippen LogP contribution in [0.3, 0.4) is 0 Å². The maximum absolute atomic E-state index is 11.7. The van der Waals surface area contributed by atoms with Crippen molar-refractivity contribution >= 4 is 17.5 Å². The number of carbonyl (C=O) groups is 1. The van der Waals surface area contributed by atoms with E-state index in [2.05, 4.69) is 0 Å². The van der Waals surface area contributed by atoms with Gasteiger partial charge in [-0.1, -0.05) is 11.6 Å². The number of carbonyl (C=O) groups excluding carboxylic acids is 1. The number of likely N-dealkylation sites (N-methyl/N-ethyl adjacent to an activating group) is 1. The molecule has 1 rings (SSSR count). The molecule has 1 amide bonds. The van der Waals surface area contributed by atoms with Crippen LogP contribution in [0, 0.1) is 6.92 Å². The van der Waals surface area contributed by atoms with Gasteiger partial charge in [0.15, 0.2) is 0 Å². The number of rotatable bonds is 3. The molecule has 0 aliphatic heterocycles. The zero-order valence-electron chi connectivity index (χ0n) is 10.0. The van der Waals surface area contributed by atoms with Crippen molar-refractivity contribution < 1.29 is 9.53 Å². The molecule has 0 saturated carbocycles. The van der Waals surface area contributed by atoms with Gasteiger partial charge in [-0.2, -0.15) is 0 Å². The molecule has 0 aromatic heterocycles. The van der Waals surface area contributed by atoms with Gasteiger partial charge in [0, 0.05) is 17.6 Å². The van der Waals surface area contributed by atoms with E-state index in [9.17, 15) is 4.79 Å². The van der Waals surface area contributed by atoms with E-state index < -0.39 is 11.9 Å². The standard InChI is InChI=1S/C11H16ClN3O2/c1-6-4-7(12)5-8(10(6)17-3)9(13)11(16)15(2)14/h4-5,9H,13-14H2,1-3H3. The van der Waals surface area contributed by atoms with Crippen LogP contribution in [0.1, 0.15) is 17.2 Å². The highest BCUT2D eigenvalue weighted by molar-refractivity contribution is 6.30. The third-order valence-electron chi connectivity index (χ3n) is 2.42. The Labute approximate surface area is 105 Å². The van der Waals surface area contributed by atoms with Gasteiger partial charge in [-0.05, 0) is 24.6 Å². The van der Waals surface area contributed by atoms with Crippen molar-refractivity contribution in [3.05, 3.63) is 28.3 Å². The van der Waals surface area contributed by atoms with Crippen molar-refractivity contribution in [2.75, 3.05) is 14.2 Å². The lowest BCUT2D eigenvalue weighted by Crippen LogP contribution is -2.40. The predicted octanol–water partition coefficient (Wildman–Crippen LogP) is 0.989. The van der Waals surface area contributed by atoms with Crippen molar-refractivity contribution in [1.29, 1.82) is 0 Å². The highest BCUT2D eigenvalue weighted by Crippen LogP contribution is 2.31. The summed E-state index contributed by atoms with van der Waals surface area (Å²) in [7, 11) is 2.95. The monoisotopic (exact) mass is 257 g/mol. The molecule has 1 atom stereocenters. The van der Waals surface area contributed by atoms with Crippen molar-refractivity contribution in [1.82, 2.24) is 5.01 Å². The largest absolute Gasteiger partial charge is 0.496 e. The molecule has 0 radical (unpaired) electrons. The van der Waals surface area contributed by atoms with E-state index >= 15 is 0 Å². The number of methoxy groups -OCH3 is 1. The van der Waals surface area contributed by atoms with Gasteiger partial charge in [0.1, 0.15) is 11.8 Å². The summed E-state index contributed by atoms with van der Waals surface area (Å²) in [5.41, 5.74) is 7.19. The van der Waals surface area contributed by atoms with Crippen LogP contribution in [-0.2, 0) is 4.79 Å². The number of hydrogen-bond donors (Lipinski definition) is 2. The highest BCUT2D eigenvalue weighted by atomic mass is 35.5. The number of nitrogens with zero attached hydrogens (tertiary/aromatic N) is 1. The zero-order valence-corrected chi connectivity index (χ0v) is 10.8. The van der Waals surface area contributed by atoms with Gasteiger partial charge in [-0.25, -0.2) is 5.84 Å². The number of benzene rings is 1. The van der Waals surface area contributed by atoms with Gasteiger partial charge in [-0.15, -0.1) is 0 Å². The third-order valence-corrected chi connectivity index (χ3v) is 2.64. The lowest BCUT2D eigenvalue weighted by molar-refractivity contribution is -0.131. The fourth-order valence-corrected chi connectivity index (χ4v) is 1.90. The second kappa shape index (κ2) is 5.35. The summed E-state index contributed by atoms with van der Waals surface area (Å²) in [6.45, 7) is 1.83. The smallest absolute Gasteiger partial charge is 0.257 e. The summed E-state index contributed by atoms with van der Waals surface area (Å²) in [5, 5.41) is 1.45. The summed E-state index contributed by atoms with van der Waals surface area (Å²) in [6, 6.07) is 2.46. The van der Waals surface area contributed by atoms with Crippen LogP contribution in [-0.4, -0.2) is 25.1 Å². The third kappa shape index (κ3) is 2.88. The molecule has 94 valence electrons. The number of hydrazine groups is 1. The Morgan fingerprint density at radius 1 is 1.53 bits per heavy atom. The summed E-state index contributed by atoms with van der Waals surface area (Å²) >= 11 is 5.94. The van der Waals surface area contributed by atoms with Gasteiger partial charge >= 0.3 is 0 Å². The van der Waals surface area contributed by atoms with Crippen LogP contribution < -0.4 is 16.3 Å². The number of ether oxygens (including phenoxy) is 1. The first-order valence-corrected chi connectivity index (χ1v) is 5.38. The summed E-state index contributed by atoms with van der Waals surface area (Å²) in [5.74, 6) is 5.51. The Bertz CT molecular complexity index is 435. The second-order valence-electron chi connectivity index (χ2n) is 3.77. The molecule has 1 aromatic rings. The molecule has 0 heterocycles. The minimum atomic E-state index is -0.891. The van der Waals surface area contributed by atoms with E-state index in [4.69, 9.17) is 27.9 Å². The number of hydrogen-bond acceptors (Lipinski definition) is 4. The second-order valence-corrected chi connectivity index (χ2v) is 4.21. The first-order chi connectivity index (χ1) is 7.88. The molecule has 0 spiro atoms. The molecular weight excluding hydrogens is 242 g/mol. The SMILES string of the molecule is COc1c(C)cc(Cl)cc1C(N)C(=O)N(C)N. The molecule has 1 unspecified atom stereocenters. The number of aryl methyl sites for hydroxylation is 1. The Kier molecular flexibility index (Phi) is 4.34. The van der Waals surface area contributed by atoms with Gasteiger partial charge in [0.05, 0.1) is 7.11 Å². The van der Waals surface area contributed by atoms with E-state index in [0.29, 0.717) is 16.3 Å². The number of halogens is 1. The lowest BCUT2D eigenvalue weighted by Gasteiger charge is -2.20. The molecule has 6 heteroatoms. The summed E-state index contributed by atoms with van der Waals surface area (Å²) in [4.78, 5) is 11.7.